The van der Waals surface area contributed by atoms with Crippen LogP contribution in [0.2, 0.25) is 5.02 Å². The summed E-state index contributed by atoms with van der Waals surface area (Å²) in [6, 6.07) is 2.04. The quantitative estimate of drug-likeness (QED) is 0.725. The normalized spacial score (nSPS) is 27.1. The predicted octanol–water partition coefficient (Wildman–Crippen LogP) is 2.52. The van der Waals surface area contributed by atoms with Crippen LogP contribution in [-0.4, -0.2) is 49.8 Å². The molecule has 3 aliphatic rings. The smallest absolute Gasteiger partial charge is 0.262 e. The minimum absolute atomic E-state index is 0.0214. The molecule has 2 heterocycles. The van der Waals surface area contributed by atoms with Crippen molar-refractivity contribution in [3.63, 3.8) is 0 Å². The zero-order valence-corrected chi connectivity index (χ0v) is 18.4. The molecule has 30 heavy (non-hydrogen) atoms. The van der Waals surface area contributed by atoms with Crippen molar-refractivity contribution in [1.29, 1.82) is 0 Å². The Labute approximate surface area is 181 Å². The summed E-state index contributed by atoms with van der Waals surface area (Å²) < 4.78 is 33.3. The number of amides is 2. The van der Waals surface area contributed by atoms with Crippen molar-refractivity contribution >= 4 is 39.1 Å². The van der Waals surface area contributed by atoms with Gasteiger partial charge in [0.2, 0.25) is 15.9 Å². The summed E-state index contributed by atoms with van der Waals surface area (Å²) in [5.74, 6) is 0.338. The minimum atomic E-state index is -4.01. The number of benzene rings is 1. The molecule has 164 valence electrons. The van der Waals surface area contributed by atoms with Gasteiger partial charge in [0.25, 0.3) is 5.91 Å². The lowest BCUT2D eigenvalue weighted by molar-refractivity contribution is -0.125. The molecule has 2 aliphatic heterocycles. The molecule has 1 aromatic rings. The van der Waals surface area contributed by atoms with Gasteiger partial charge in [0.1, 0.15) is 16.7 Å². The third kappa shape index (κ3) is 4.15. The van der Waals surface area contributed by atoms with E-state index in [4.69, 9.17) is 16.3 Å². The number of hydrogen-bond donors (Lipinski definition) is 2. The first-order valence-corrected chi connectivity index (χ1v) is 12.2. The van der Waals surface area contributed by atoms with Crippen LogP contribution in [0.1, 0.15) is 45.4 Å². The summed E-state index contributed by atoms with van der Waals surface area (Å²) in [5, 5.41) is 5.64. The van der Waals surface area contributed by atoms with Crippen molar-refractivity contribution in [2.75, 3.05) is 18.5 Å². The first-order valence-electron chi connectivity index (χ1n) is 10.3. The van der Waals surface area contributed by atoms with E-state index >= 15 is 0 Å². The fraction of sp³-hybridized carbons (Fsp3) is 0.600. The van der Waals surface area contributed by atoms with Crippen LogP contribution < -0.4 is 15.4 Å². The van der Waals surface area contributed by atoms with Gasteiger partial charge in [0.15, 0.2) is 6.61 Å². The molecule has 0 bridgehead atoms. The number of anilines is 1. The topological polar surface area (TPSA) is 105 Å². The molecular weight excluding hydrogens is 430 g/mol. The molecule has 2 N–H and O–H groups in total. The lowest BCUT2D eigenvalue weighted by Crippen LogP contribution is -2.49. The Kier molecular flexibility index (Phi) is 5.96. The molecule has 4 rings (SSSR count). The van der Waals surface area contributed by atoms with Gasteiger partial charge in [-0.05, 0) is 50.5 Å². The Morgan fingerprint density at radius 2 is 1.97 bits per heavy atom. The number of nitrogens with zero attached hydrogens (tertiary/aromatic N) is 1. The van der Waals surface area contributed by atoms with Gasteiger partial charge in [-0.25, -0.2) is 8.42 Å². The largest absolute Gasteiger partial charge is 0.482 e. The Bertz CT molecular complexity index is 959. The summed E-state index contributed by atoms with van der Waals surface area (Å²) in [7, 11) is -4.01. The number of carbonyl (C=O) groups is 2. The van der Waals surface area contributed by atoms with Crippen molar-refractivity contribution < 1.29 is 22.7 Å². The van der Waals surface area contributed by atoms with Gasteiger partial charge in [-0.1, -0.05) is 18.5 Å². The SMILES string of the molecule is CC1CCC(NC(=O)C2CCCN2S(=O)(=O)c2cc3c(cc2Cl)NC(=O)CO3)CC1. The molecule has 1 saturated heterocycles. The Balaban J connectivity index is 1.54. The average Bonchev–Trinajstić information content (AvgIpc) is 3.20. The highest BCUT2D eigenvalue weighted by molar-refractivity contribution is 7.89. The average molecular weight is 456 g/mol. The number of halogens is 1. The highest BCUT2D eigenvalue weighted by atomic mass is 35.5. The standard InChI is InChI=1S/C20H26ClN3O5S/c1-12-4-6-13(7-5-12)22-20(26)16-3-2-8-24(16)30(27,28)18-10-17-15(9-14(18)21)23-19(25)11-29-17/h9-10,12-13,16H,2-8,11H2,1H3,(H,22,26)(H,23,25). The van der Waals surface area contributed by atoms with E-state index in [2.05, 4.69) is 17.6 Å². The number of hydrogen-bond acceptors (Lipinski definition) is 5. The minimum Gasteiger partial charge on any atom is -0.482 e. The zero-order chi connectivity index (χ0) is 21.5. The summed E-state index contributed by atoms with van der Waals surface area (Å²) in [6.07, 6.45) is 5.06. The van der Waals surface area contributed by atoms with Crippen LogP contribution in [0.15, 0.2) is 17.0 Å². The van der Waals surface area contributed by atoms with E-state index in [1.54, 1.807) is 0 Å². The maximum absolute atomic E-state index is 13.4. The van der Waals surface area contributed by atoms with Crippen LogP contribution in [0.3, 0.4) is 0 Å². The summed E-state index contributed by atoms with van der Waals surface area (Å²) >= 11 is 6.26. The van der Waals surface area contributed by atoms with Gasteiger partial charge in [0.05, 0.1) is 10.7 Å². The summed E-state index contributed by atoms with van der Waals surface area (Å²) in [6.45, 7) is 2.27. The monoisotopic (exact) mass is 455 g/mol. The van der Waals surface area contributed by atoms with E-state index in [-0.39, 0.29) is 46.7 Å². The molecule has 1 aliphatic carbocycles. The highest BCUT2D eigenvalue weighted by Gasteiger charge is 2.41. The number of carbonyl (C=O) groups excluding carboxylic acids is 2. The molecule has 0 radical (unpaired) electrons. The Hall–Kier alpha value is -1.84. The zero-order valence-electron chi connectivity index (χ0n) is 16.8. The van der Waals surface area contributed by atoms with Crippen molar-refractivity contribution in [3.8, 4) is 5.75 Å². The molecule has 0 spiro atoms. The van der Waals surface area contributed by atoms with Gasteiger partial charge >= 0.3 is 0 Å². The third-order valence-corrected chi connectivity index (χ3v) is 8.50. The van der Waals surface area contributed by atoms with Gasteiger partial charge in [0, 0.05) is 18.7 Å². The second-order valence-electron chi connectivity index (χ2n) is 8.35. The summed E-state index contributed by atoms with van der Waals surface area (Å²) in [5.41, 5.74) is 0.331. The van der Waals surface area contributed by atoms with Crippen molar-refractivity contribution in [3.05, 3.63) is 17.2 Å². The Morgan fingerprint density at radius 1 is 1.23 bits per heavy atom. The molecule has 0 aromatic heterocycles. The van der Waals surface area contributed by atoms with Crippen molar-refractivity contribution in [2.45, 2.75) is 62.4 Å². The van der Waals surface area contributed by atoms with Gasteiger partial charge in [-0.15, -0.1) is 0 Å². The molecule has 1 aromatic carbocycles. The predicted molar refractivity (Wildman–Crippen MR) is 112 cm³/mol. The number of nitrogens with one attached hydrogen (secondary N) is 2. The third-order valence-electron chi connectivity index (χ3n) is 6.12. The molecule has 8 nitrogen and oxygen atoms in total. The lowest BCUT2D eigenvalue weighted by Gasteiger charge is -2.30. The maximum Gasteiger partial charge on any atom is 0.262 e. The van der Waals surface area contributed by atoms with Crippen LogP contribution in [-0.2, 0) is 19.6 Å². The number of rotatable bonds is 4. The van der Waals surface area contributed by atoms with E-state index in [9.17, 15) is 18.0 Å². The van der Waals surface area contributed by atoms with E-state index in [0.717, 1.165) is 25.7 Å². The van der Waals surface area contributed by atoms with Crippen LogP contribution >= 0.6 is 11.6 Å². The summed E-state index contributed by atoms with van der Waals surface area (Å²) in [4.78, 5) is 24.3. The molecule has 2 amide bonds. The fourth-order valence-electron chi connectivity index (χ4n) is 4.40. The number of fused-ring (bicyclic) bond motifs is 1. The van der Waals surface area contributed by atoms with Crippen LogP contribution in [0.25, 0.3) is 0 Å². The van der Waals surface area contributed by atoms with E-state index in [0.29, 0.717) is 24.4 Å². The molecule has 10 heteroatoms. The molecular formula is C20H26ClN3O5S. The van der Waals surface area contributed by atoms with Crippen LogP contribution in [0, 0.1) is 5.92 Å². The molecule has 1 atom stereocenters. The first-order chi connectivity index (χ1) is 14.3. The highest BCUT2D eigenvalue weighted by Crippen LogP contribution is 2.38. The van der Waals surface area contributed by atoms with E-state index in [1.807, 2.05) is 0 Å². The van der Waals surface area contributed by atoms with Crippen LogP contribution in [0.4, 0.5) is 5.69 Å². The first kappa shape index (κ1) is 21.4. The van der Waals surface area contributed by atoms with Gasteiger partial charge in [-0.3, -0.25) is 9.59 Å². The van der Waals surface area contributed by atoms with Crippen molar-refractivity contribution in [1.82, 2.24) is 9.62 Å². The molecule has 1 saturated carbocycles. The van der Waals surface area contributed by atoms with Crippen molar-refractivity contribution in [2.24, 2.45) is 5.92 Å². The maximum atomic E-state index is 13.4. The Morgan fingerprint density at radius 3 is 2.70 bits per heavy atom. The number of sulfonamides is 1. The molecule has 2 fully saturated rings. The van der Waals surface area contributed by atoms with E-state index in [1.165, 1.54) is 16.4 Å². The second-order valence-corrected chi connectivity index (χ2v) is 10.6. The van der Waals surface area contributed by atoms with E-state index < -0.39 is 16.1 Å². The molecule has 1 unspecified atom stereocenters. The van der Waals surface area contributed by atoms with Gasteiger partial charge < -0.3 is 15.4 Å². The van der Waals surface area contributed by atoms with Crippen LogP contribution in [0.5, 0.6) is 5.75 Å². The van der Waals surface area contributed by atoms with Gasteiger partial charge in [-0.2, -0.15) is 4.31 Å². The fourth-order valence-corrected chi connectivity index (χ4v) is 6.57. The lowest BCUT2D eigenvalue weighted by atomic mass is 9.87. The second kappa shape index (κ2) is 8.36. The number of ether oxygens (including phenoxy) is 1.